The van der Waals surface area contributed by atoms with E-state index in [-0.39, 0.29) is 23.0 Å². The van der Waals surface area contributed by atoms with E-state index in [9.17, 15) is 9.59 Å². The molecule has 7 heteroatoms. The standard InChI is InChI=1S/C18H23ClN4O2/c1-4-22(5-2)16(24)13-21(3)15-11-20-23(18(25)17(15)19)12-14-9-7-6-8-10-14/h6-11H,4-5,12-13H2,1-3H3. The van der Waals surface area contributed by atoms with Crippen LogP contribution in [-0.2, 0) is 11.3 Å². The normalized spacial score (nSPS) is 10.6. The number of amides is 1. The molecule has 2 aromatic rings. The Morgan fingerprint density at radius 2 is 1.84 bits per heavy atom. The minimum absolute atomic E-state index is 0.0166. The Hall–Kier alpha value is -2.34. The number of likely N-dealkylation sites (N-methyl/N-ethyl adjacent to an activating group) is 2. The van der Waals surface area contributed by atoms with Crippen LogP contribution in [0.2, 0.25) is 5.02 Å². The molecule has 0 saturated heterocycles. The van der Waals surface area contributed by atoms with Crippen molar-refractivity contribution in [3.05, 3.63) is 57.5 Å². The van der Waals surface area contributed by atoms with Crippen molar-refractivity contribution < 1.29 is 4.79 Å². The van der Waals surface area contributed by atoms with E-state index in [0.717, 1.165) is 5.56 Å². The first kappa shape index (κ1) is 19.0. The minimum atomic E-state index is -0.370. The molecule has 6 nitrogen and oxygen atoms in total. The zero-order chi connectivity index (χ0) is 18.4. The first-order valence-corrected chi connectivity index (χ1v) is 8.64. The highest BCUT2D eigenvalue weighted by Crippen LogP contribution is 2.19. The summed E-state index contributed by atoms with van der Waals surface area (Å²) >= 11 is 6.25. The van der Waals surface area contributed by atoms with Crippen molar-refractivity contribution in [2.24, 2.45) is 0 Å². The van der Waals surface area contributed by atoms with Crippen LogP contribution in [0.4, 0.5) is 5.69 Å². The monoisotopic (exact) mass is 362 g/mol. The molecule has 0 aliphatic carbocycles. The van der Waals surface area contributed by atoms with Gasteiger partial charge in [0.2, 0.25) is 5.91 Å². The Bertz CT molecular complexity index is 772. The van der Waals surface area contributed by atoms with Gasteiger partial charge in [0.05, 0.1) is 25.0 Å². The minimum Gasteiger partial charge on any atom is -0.363 e. The van der Waals surface area contributed by atoms with Crippen LogP contribution < -0.4 is 10.5 Å². The van der Waals surface area contributed by atoms with Crippen LogP contribution in [0.1, 0.15) is 19.4 Å². The number of benzene rings is 1. The predicted molar refractivity (Wildman–Crippen MR) is 100 cm³/mol. The first-order valence-electron chi connectivity index (χ1n) is 8.26. The molecule has 1 amide bonds. The van der Waals surface area contributed by atoms with Crippen molar-refractivity contribution in [2.45, 2.75) is 20.4 Å². The van der Waals surface area contributed by atoms with Crippen molar-refractivity contribution in [3.63, 3.8) is 0 Å². The maximum atomic E-state index is 12.5. The number of anilines is 1. The molecule has 1 heterocycles. The van der Waals surface area contributed by atoms with E-state index in [1.165, 1.54) is 10.9 Å². The van der Waals surface area contributed by atoms with Crippen LogP contribution in [0, 0.1) is 0 Å². The van der Waals surface area contributed by atoms with Gasteiger partial charge in [-0.05, 0) is 19.4 Å². The van der Waals surface area contributed by atoms with E-state index >= 15 is 0 Å². The van der Waals surface area contributed by atoms with E-state index in [1.807, 2.05) is 44.2 Å². The molecular weight excluding hydrogens is 340 g/mol. The number of hydrogen-bond acceptors (Lipinski definition) is 4. The Morgan fingerprint density at radius 1 is 1.20 bits per heavy atom. The van der Waals surface area contributed by atoms with Gasteiger partial charge in [-0.2, -0.15) is 5.10 Å². The lowest BCUT2D eigenvalue weighted by Crippen LogP contribution is -2.39. The predicted octanol–water partition coefficient (Wildman–Crippen LogP) is 2.25. The molecule has 2 rings (SSSR count). The van der Waals surface area contributed by atoms with E-state index in [0.29, 0.717) is 25.3 Å². The fraction of sp³-hybridized carbons (Fsp3) is 0.389. The molecule has 0 spiro atoms. The second-order valence-electron chi connectivity index (χ2n) is 5.71. The molecule has 0 atom stereocenters. The summed E-state index contributed by atoms with van der Waals surface area (Å²) in [7, 11) is 1.73. The maximum Gasteiger partial charge on any atom is 0.287 e. The highest BCUT2D eigenvalue weighted by Gasteiger charge is 2.17. The van der Waals surface area contributed by atoms with Gasteiger partial charge >= 0.3 is 0 Å². The Morgan fingerprint density at radius 3 is 2.44 bits per heavy atom. The van der Waals surface area contributed by atoms with Crippen molar-refractivity contribution in [1.82, 2.24) is 14.7 Å². The topological polar surface area (TPSA) is 58.4 Å². The number of aromatic nitrogens is 2. The zero-order valence-corrected chi connectivity index (χ0v) is 15.5. The van der Waals surface area contributed by atoms with Gasteiger partial charge in [0, 0.05) is 20.1 Å². The number of carbonyl (C=O) groups is 1. The van der Waals surface area contributed by atoms with Gasteiger partial charge < -0.3 is 9.80 Å². The molecule has 0 aliphatic rings. The molecule has 0 N–H and O–H groups in total. The van der Waals surface area contributed by atoms with Gasteiger partial charge in [-0.25, -0.2) is 4.68 Å². The maximum absolute atomic E-state index is 12.5. The quantitative estimate of drug-likeness (QED) is 0.758. The summed E-state index contributed by atoms with van der Waals surface area (Å²) in [6.45, 7) is 5.65. The van der Waals surface area contributed by atoms with Crippen LogP contribution in [-0.4, -0.2) is 47.3 Å². The third-order valence-electron chi connectivity index (χ3n) is 4.04. The fourth-order valence-corrected chi connectivity index (χ4v) is 2.85. The van der Waals surface area contributed by atoms with Crippen LogP contribution in [0.5, 0.6) is 0 Å². The number of hydrogen-bond donors (Lipinski definition) is 0. The molecule has 0 unspecified atom stereocenters. The van der Waals surface area contributed by atoms with Gasteiger partial charge in [0.15, 0.2) is 0 Å². The third-order valence-corrected chi connectivity index (χ3v) is 4.40. The second kappa shape index (κ2) is 8.67. The molecule has 0 fully saturated rings. The first-order chi connectivity index (χ1) is 12.0. The summed E-state index contributed by atoms with van der Waals surface area (Å²) in [5.41, 5.74) is 1.05. The molecule has 1 aromatic heterocycles. The summed E-state index contributed by atoms with van der Waals surface area (Å²) in [5.74, 6) is -0.0166. The number of carbonyl (C=O) groups excluding carboxylic acids is 1. The lowest BCUT2D eigenvalue weighted by molar-refractivity contribution is -0.129. The Kier molecular flexibility index (Phi) is 6.58. The van der Waals surface area contributed by atoms with Crippen molar-refractivity contribution in [3.8, 4) is 0 Å². The second-order valence-corrected chi connectivity index (χ2v) is 6.09. The highest BCUT2D eigenvalue weighted by molar-refractivity contribution is 6.33. The fourth-order valence-electron chi connectivity index (χ4n) is 2.56. The van der Waals surface area contributed by atoms with Gasteiger partial charge in [-0.1, -0.05) is 41.9 Å². The highest BCUT2D eigenvalue weighted by atomic mass is 35.5. The number of halogens is 1. The van der Waals surface area contributed by atoms with Crippen molar-refractivity contribution in [1.29, 1.82) is 0 Å². The lowest BCUT2D eigenvalue weighted by Gasteiger charge is -2.24. The van der Waals surface area contributed by atoms with E-state index < -0.39 is 0 Å². The summed E-state index contributed by atoms with van der Waals surface area (Å²) < 4.78 is 1.32. The molecule has 0 saturated carbocycles. The summed E-state index contributed by atoms with van der Waals surface area (Å²) in [4.78, 5) is 28.1. The molecule has 25 heavy (non-hydrogen) atoms. The molecule has 0 radical (unpaired) electrons. The van der Waals surface area contributed by atoms with Crippen LogP contribution in [0.15, 0.2) is 41.3 Å². The zero-order valence-electron chi connectivity index (χ0n) is 14.8. The van der Waals surface area contributed by atoms with Crippen LogP contribution >= 0.6 is 11.6 Å². The van der Waals surface area contributed by atoms with Crippen molar-refractivity contribution >= 4 is 23.2 Å². The van der Waals surface area contributed by atoms with Crippen LogP contribution in [0.3, 0.4) is 0 Å². The van der Waals surface area contributed by atoms with Gasteiger partial charge in [-0.3, -0.25) is 9.59 Å². The van der Waals surface area contributed by atoms with Gasteiger partial charge in [0.1, 0.15) is 5.02 Å². The Balaban J connectivity index is 2.19. The largest absolute Gasteiger partial charge is 0.363 e. The smallest absolute Gasteiger partial charge is 0.287 e. The summed E-state index contributed by atoms with van der Waals surface area (Å²) in [5, 5.41) is 4.27. The molecule has 1 aromatic carbocycles. The van der Waals surface area contributed by atoms with Crippen LogP contribution in [0.25, 0.3) is 0 Å². The number of rotatable bonds is 7. The van der Waals surface area contributed by atoms with E-state index in [2.05, 4.69) is 5.10 Å². The van der Waals surface area contributed by atoms with Gasteiger partial charge in [-0.15, -0.1) is 0 Å². The Labute approximate surface area is 152 Å². The van der Waals surface area contributed by atoms with Crippen molar-refractivity contribution in [2.75, 3.05) is 31.6 Å². The SMILES string of the molecule is CCN(CC)C(=O)CN(C)c1cnn(Cc2ccccc2)c(=O)c1Cl. The molecule has 0 bridgehead atoms. The average molecular weight is 363 g/mol. The van der Waals surface area contributed by atoms with E-state index in [1.54, 1.807) is 16.8 Å². The van der Waals surface area contributed by atoms with E-state index in [4.69, 9.17) is 11.6 Å². The summed E-state index contributed by atoms with van der Waals surface area (Å²) in [6, 6.07) is 9.57. The molecule has 0 aliphatic heterocycles. The number of nitrogens with zero attached hydrogens (tertiary/aromatic N) is 4. The lowest BCUT2D eigenvalue weighted by atomic mass is 10.2. The molecule has 134 valence electrons. The third kappa shape index (κ3) is 4.60. The summed E-state index contributed by atoms with van der Waals surface area (Å²) in [6.07, 6.45) is 1.53. The average Bonchev–Trinajstić information content (AvgIpc) is 2.61. The molecular formula is C18H23ClN4O2. The van der Waals surface area contributed by atoms with Gasteiger partial charge in [0.25, 0.3) is 5.56 Å².